The highest BCUT2D eigenvalue weighted by atomic mass is 32.2. The molecule has 2 rings (SSSR count). The van der Waals surface area contributed by atoms with Crippen LogP contribution in [0, 0.1) is 5.82 Å². The first-order valence-corrected chi connectivity index (χ1v) is 7.28. The van der Waals surface area contributed by atoms with E-state index in [4.69, 9.17) is 5.73 Å². The maximum atomic E-state index is 13.6. The number of sulfonamides is 1. The number of rotatable bonds is 4. The summed E-state index contributed by atoms with van der Waals surface area (Å²) in [5.41, 5.74) is 7.21. The average Bonchev–Trinajstić information content (AvgIpc) is 2.98. The Balaban J connectivity index is 2.24. The molecule has 0 spiro atoms. The molecule has 17 heavy (non-hydrogen) atoms. The summed E-state index contributed by atoms with van der Waals surface area (Å²) in [6, 6.07) is 2.94. The van der Waals surface area contributed by atoms with E-state index in [1.165, 1.54) is 6.07 Å². The van der Waals surface area contributed by atoms with E-state index in [9.17, 15) is 12.8 Å². The summed E-state index contributed by atoms with van der Waals surface area (Å²) >= 11 is 0. The molecule has 1 aliphatic carbocycles. The summed E-state index contributed by atoms with van der Waals surface area (Å²) < 4.78 is 37.9. The number of halogens is 1. The van der Waals surface area contributed by atoms with Gasteiger partial charge in [0.1, 0.15) is 5.82 Å². The van der Waals surface area contributed by atoms with Gasteiger partial charge in [-0.15, -0.1) is 0 Å². The van der Waals surface area contributed by atoms with Crippen molar-refractivity contribution in [3.8, 4) is 0 Å². The lowest BCUT2D eigenvalue weighted by atomic mass is 10.0. The summed E-state index contributed by atoms with van der Waals surface area (Å²) in [7, 11) is -3.27. The number of hydrogen-bond acceptors (Lipinski definition) is 3. The third kappa shape index (κ3) is 3.17. The van der Waals surface area contributed by atoms with Crippen molar-refractivity contribution in [3.63, 3.8) is 0 Å². The number of nitrogen functional groups attached to an aromatic ring is 1. The maximum Gasteiger partial charge on any atom is 0.209 e. The minimum absolute atomic E-state index is 0.102. The fraction of sp³-hybridized carbons (Fsp3) is 0.455. The topological polar surface area (TPSA) is 72.2 Å². The van der Waals surface area contributed by atoms with Crippen LogP contribution in [0.25, 0.3) is 0 Å². The molecule has 94 valence electrons. The maximum absolute atomic E-state index is 13.6. The number of benzene rings is 1. The van der Waals surface area contributed by atoms with Gasteiger partial charge in [0, 0.05) is 12.2 Å². The van der Waals surface area contributed by atoms with E-state index in [-0.39, 0.29) is 24.0 Å². The zero-order valence-electron chi connectivity index (χ0n) is 9.53. The summed E-state index contributed by atoms with van der Waals surface area (Å²) in [5, 5.41) is 0. The highest BCUT2D eigenvalue weighted by Crippen LogP contribution is 2.42. The number of hydrogen-bond donors (Lipinski definition) is 2. The number of nitrogens with one attached hydrogen (secondary N) is 1. The third-order valence-corrected chi connectivity index (χ3v) is 3.47. The van der Waals surface area contributed by atoms with Gasteiger partial charge in [-0.1, -0.05) is 0 Å². The summed E-state index contributed by atoms with van der Waals surface area (Å²) in [4.78, 5) is 0. The van der Waals surface area contributed by atoms with Crippen LogP contribution in [0.1, 0.15) is 29.9 Å². The Kier molecular flexibility index (Phi) is 3.09. The smallest absolute Gasteiger partial charge is 0.209 e. The van der Waals surface area contributed by atoms with Crippen molar-refractivity contribution in [2.75, 3.05) is 12.0 Å². The molecule has 0 saturated heterocycles. The fourth-order valence-corrected chi connectivity index (χ4v) is 2.14. The average molecular weight is 258 g/mol. The predicted octanol–water partition coefficient (Wildman–Crippen LogP) is 1.33. The second kappa shape index (κ2) is 4.27. The second-order valence-electron chi connectivity index (χ2n) is 4.44. The van der Waals surface area contributed by atoms with Gasteiger partial charge in [-0.3, -0.25) is 0 Å². The molecule has 1 saturated carbocycles. The van der Waals surface area contributed by atoms with Crippen LogP contribution in [0.3, 0.4) is 0 Å². The molecular formula is C11H15FN2O2S. The van der Waals surface area contributed by atoms with Crippen LogP contribution in [0.5, 0.6) is 0 Å². The molecule has 0 bridgehead atoms. The van der Waals surface area contributed by atoms with Crippen molar-refractivity contribution < 1.29 is 12.8 Å². The lowest BCUT2D eigenvalue weighted by Gasteiger charge is -2.10. The predicted molar refractivity (Wildman–Crippen MR) is 64.5 cm³/mol. The van der Waals surface area contributed by atoms with E-state index in [2.05, 4.69) is 4.72 Å². The quantitative estimate of drug-likeness (QED) is 0.800. The first-order valence-electron chi connectivity index (χ1n) is 5.39. The molecule has 1 aromatic carbocycles. The monoisotopic (exact) mass is 258 g/mol. The highest BCUT2D eigenvalue weighted by molar-refractivity contribution is 7.88. The summed E-state index contributed by atoms with van der Waals surface area (Å²) in [6.45, 7) is 0.102. The molecule has 1 fully saturated rings. The number of anilines is 1. The van der Waals surface area contributed by atoms with Gasteiger partial charge in [-0.05, 0) is 42.0 Å². The van der Waals surface area contributed by atoms with Crippen molar-refractivity contribution in [2.45, 2.75) is 25.3 Å². The molecule has 0 unspecified atom stereocenters. The number of nitrogens with two attached hydrogens (primary N) is 1. The van der Waals surface area contributed by atoms with Crippen LogP contribution in [-0.2, 0) is 16.6 Å². The zero-order chi connectivity index (χ0) is 12.6. The molecule has 1 aliphatic rings. The van der Waals surface area contributed by atoms with E-state index >= 15 is 0 Å². The second-order valence-corrected chi connectivity index (χ2v) is 6.27. The van der Waals surface area contributed by atoms with Crippen LogP contribution in [0.2, 0.25) is 0 Å². The largest absolute Gasteiger partial charge is 0.398 e. The van der Waals surface area contributed by atoms with Gasteiger partial charge in [-0.25, -0.2) is 17.5 Å². The molecule has 0 amide bonds. The Bertz CT molecular complexity index is 539. The first kappa shape index (κ1) is 12.3. The minimum Gasteiger partial charge on any atom is -0.398 e. The van der Waals surface area contributed by atoms with Gasteiger partial charge in [0.15, 0.2) is 0 Å². The lowest BCUT2D eigenvalue weighted by Crippen LogP contribution is -2.22. The normalized spacial score (nSPS) is 16.1. The highest BCUT2D eigenvalue weighted by Gasteiger charge is 2.27. The summed E-state index contributed by atoms with van der Waals surface area (Å²) in [5.74, 6) is -0.0271. The van der Waals surface area contributed by atoms with Crippen molar-refractivity contribution in [1.29, 1.82) is 0 Å². The summed E-state index contributed by atoms with van der Waals surface area (Å²) in [6.07, 6.45) is 3.05. The third-order valence-electron chi connectivity index (χ3n) is 2.80. The van der Waals surface area contributed by atoms with Gasteiger partial charge >= 0.3 is 0 Å². The molecule has 0 aromatic heterocycles. The first-order chi connectivity index (χ1) is 7.87. The van der Waals surface area contributed by atoms with E-state index in [0.29, 0.717) is 11.1 Å². The van der Waals surface area contributed by atoms with Crippen LogP contribution in [-0.4, -0.2) is 14.7 Å². The Labute approximate surface area is 100 Å². The molecule has 3 N–H and O–H groups in total. The fourth-order valence-electron chi connectivity index (χ4n) is 1.72. The van der Waals surface area contributed by atoms with Crippen molar-refractivity contribution in [2.24, 2.45) is 0 Å². The molecule has 6 heteroatoms. The lowest BCUT2D eigenvalue weighted by molar-refractivity contribution is 0.587. The van der Waals surface area contributed by atoms with E-state index < -0.39 is 10.0 Å². The van der Waals surface area contributed by atoms with Gasteiger partial charge < -0.3 is 5.73 Å². The van der Waals surface area contributed by atoms with Crippen LogP contribution >= 0.6 is 0 Å². The van der Waals surface area contributed by atoms with Crippen LogP contribution < -0.4 is 10.5 Å². The molecule has 0 atom stereocenters. The molecule has 0 aliphatic heterocycles. The van der Waals surface area contributed by atoms with E-state index in [1.54, 1.807) is 6.07 Å². The van der Waals surface area contributed by atoms with Crippen molar-refractivity contribution in [1.82, 2.24) is 4.72 Å². The SMILES string of the molecule is CS(=O)(=O)NCc1cc(C2CC2)c(F)cc1N. The molecule has 0 heterocycles. The van der Waals surface area contributed by atoms with Gasteiger partial charge in [-0.2, -0.15) is 0 Å². The standard InChI is InChI=1S/C11H15FN2O2S/c1-17(15,16)14-6-8-4-9(7-2-3-7)10(12)5-11(8)13/h4-5,7,14H,2-3,6,13H2,1H3. The molecular weight excluding hydrogens is 243 g/mol. The minimum atomic E-state index is -3.27. The molecule has 0 radical (unpaired) electrons. The van der Waals surface area contributed by atoms with Crippen molar-refractivity contribution >= 4 is 15.7 Å². The molecule has 4 nitrogen and oxygen atoms in total. The Morgan fingerprint density at radius 3 is 2.65 bits per heavy atom. The Hall–Kier alpha value is -1.14. The Morgan fingerprint density at radius 1 is 1.47 bits per heavy atom. The van der Waals surface area contributed by atoms with Crippen LogP contribution in [0.15, 0.2) is 12.1 Å². The van der Waals surface area contributed by atoms with E-state index in [0.717, 1.165) is 19.1 Å². The van der Waals surface area contributed by atoms with Crippen molar-refractivity contribution in [3.05, 3.63) is 29.1 Å². The Morgan fingerprint density at radius 2 is 2.12 bits per heavy atom. The van der Waals surface area contributed by atoms with E-state index in [1.807, 2.05) is 0 Å². The van der Waals surface area contributed by atoms with Gasteiger partial charge in [0.2, 0.25) is 10.0 Å². The van der Waals surface area contributed by atoms with Crippen LogP contribution in [0.4, 0.5) is 10.1 Å². The molecule has 1 aromatic rings. The van der Waals surface area contributed by atoms with Gasteiger partial charge in [0.05, 0.1) is 6.26 Å². The zero-order valence-corrected chi connectivity index (χ0v) is 10.3. The van der Waals surface area contributed by atoms with Gasteiger partial charge in [0.25, 0.3) is 0 Å².